The van der Waals surface area contributed by atoms with E-state index >= 15 is 0 Å². The number of amides is 1. The van der Waals surface area contributed by atoms with E-state index in [2.05, 4.69) is 15.3 Å². The smallest absolute Gasteiger partial charge is 0.259 e. The van der Waals surface area contributed by atoms with Crippen LogP contribution in [0.5, 0.6) is 0 Å². The molecule has 7 heteroatoms. The van der Waals surface area contributed by atoms with Crippen molar-refractivity contribution < 1.29 is 4.79 Å². The largest absolute Gasteiger partial charge is 0.333 e. The highest BCUT2D eigenvalue weighted by Crippen LogP contribution is 2.38. The summed E-state index contributed by atoms with van der Waals surface area (Å²) in [6.07, 6.45) is 5.37. The zero-order valence-corrected chi connectivity index (χ0v) is 19.1. The Bertz CT molecular complexity index is 1670. The number of pyridine rings is 1. The van der Waals surface area contributed by atoms with Gasteiger partial charge in [-0.2, -0.15) is 0 Å². The Morgan fingerprint density at radius 2 is 1.71 bits per heavy atom. The predicted molar refractivity (Wildman–Crippen MR) is 137 cm³/mol. The molecule has 0 bridgehead atoms. The number of nitrogens with zero attached hydrogens (tertiary/aromatic N) is 4. The molecule has 0 fully saturated rings. The molecule has 0 aliphatic rings. The molecule has 1 amide bonds. The maximum atomic E-state index is 13.5. The number of fused-ring (bicyclic) bond motifs is 3. The van der Waals surface area contributed by atoms with Gasteiger partial charge in [-0.1, -0.05) is 72.0 Å². The molecule has 164 valence electrons. The Balaban J connectivity index is 1.45. The number of hydrogen-bond acceptors (Lipinski definition) is 5. The van der Waals surface area contributed by atoms with E-state index in [9.17, 15) is 4.79 Å². The average Bonchev–Trinajstić information content (AvgIpc) is 3.49. The van der Waals surface area contributed by atoms with E-state index in [4.69, 9.17) is 4.98 Å². The van der Waals surface area contributed by atoms with Gasteiger partial charge in [0.2, 0.25) is 0 Å². The van der Waals surface area contributed by atoms with Crippen molar-refractivity contribution in [3.8, 4) is 22.0 Å². The van der Waals surface area contributed by atoms with Crippen LogP contribution in [-0.2, 0) is 7.05 Å². The fourth-order valence-electron chi connectivity index (χ4n) is 4.17. The quantitative estimate of drug-likeness (QED) is 0.319. The second kappa shape index (κ2) is 8.20. The van der Waals surface area contributed by atoms with Crippen LogP contribution in [0.2, 0.25) is 0 Å². The number of rotatable bonds is 4. The summed E-state index contributed by atoms with van der Waals surface area (Å²) in [4.78, 5) is 28.2. The van der Waals surface area contributed by atoms with Gasteiger partial charge >= 0.3 is 0 Å². The number of carbonyl (C=O) groups excluding carboxylic acids is 1. The highest BCUT2D eigenvalue weighted by molar-refractivity contribution is 7.19. The molecule has 0 saturated heterocycles. The Kier molecular flexibility index (Phi) is 4.89. The van der Waals surface area contributed by atoms with Gasteiger partial charge in [-0.15, -0.1) is 0 Å². The molecular weight excluding hydrogens is 442 g/mol. The molecule has 6 nitrogen and oxygen atoms in total. The summed E-state index contributed by atoms with van der Waals surface area (Å²) in [6, 6.07) is 23.7. The molecule has 3 aromatic heterocycles. The summed E-state index contributed by atoms with van der Waals surface area (Å²) >= 11 is 1.41. The highest BCUT2D eigenvalue weighted by Gasteiger charge is 2.21. The normalized spacial score (nSPS) is 11.2. The highest BCUT2D eigenvalue weighted by atomic mass is 32.1. The van der Waals surface area contributed by atoms with Gasteiger partial charge in [0.25, 0.3) is 5.91 Å². The molecule has 6 aromatic rings. The maximum Gasteiger partial charge on any atom is 0.259 e. The Labute approximate surface area is 199 Å². The van der Waals surface area contributed by atoms with E-state index in [1.165, 1.54) is 11.3 Å². The van der Waals surface area contributed by atoms with Crippen molar-refractivity contribution in [2.75, 3.05) is 5.32 Å². The molecule has 0 saturated carbocycles. The van der Waals surface area contributed by atoms with Gasteiger partial charge in [0.15, 0.2) is 11.0 Å². The van der Waals surface area contributed by atoms with Crippen molar-refractivity contribution in [1.29, 1.82) is 0 Å². The van der Waals surface area contributed by atoms with Crippen LogP contribution >= 0.6 is 11.3 Å². The van der Waals surface area contributed by atoms with Crippen molar-refractivity contribution in [2.45, 2.75) is 0 Å². The van der Waals surface area contributed by atoms with Gasteiger partial charge in [-0.3, -0.25) is 15.1 Å². The number of aromatic nitrogens is 4. The first-order valence-electron chi connectivity index (χ1n) is 10.8. The topological polar surface area (TPSA) is 72.7 Å². The minimum absolute atomic E-state index is 0.241. The van der Waals surface area contributed by atoms with Crippen molar-refractivity contribution in [1.82, 2.24) is 19.5 Å². The Morgan fingerprint density at radius 3 is 2.53 bits per heavy atom. The van der Waals surface area contributed by atoms with E-state index in [1.807, 2.05) is 90.6 Å². The summed E-state index contributed by atoms with van der Waals surface area (Å²) in [5.41, 5.74) is 2.94. The standard InChI is InChI=1S/C27H19N5OS/c1-32-15-14-29-25(32)24-22(17-8-3-2-4-9-17)30-27(34-24)31-26(33)21-16-18-10-5-6-11-19(18)20-12-7-13-28-23(20)21/h2-16H,1H3,(H,30,31,33). The molecule has 34 heavy (non-hydrogen) atoms. The van der Waals surface area contributed by atoms with Gasteiger partial charge in [-0.05, 0) is 22.9 Å². The fraction of sp³-hybridized carbons (Fsp3) is 0.0370. The lowest BCUT2D eigenvalue weighted by Crippen LogP contribution is -2.12. The SMILES string of the molecule is Cn1ccnc1-c1sc(NC(=O)c2cc3ccccc3c3cccnc23)nc1-c1ccccc1. The van der Waals surface area contributed by atoms with Gasteiger partial charge in [0.05, 0.1) is 21.7 Å². The van der Waals surface area contributed by atoms with Crippen molar-refractivity contribution in [2.24, 2.45) is 7.05 Å². The van der Waals surface area contributed by atoms with Crippen molar-refractivity contribution in [3.63, 3.8) is 0 Å². The lowest BCUT2D eigenvalue weighted by atomic mass is 10.0. The number of imidazole rings is 1. The third-order valence-electron chi connectivity index (χ3n) is 5.78. The maximum absolute atomic E-state index is 13.5. The van der Waals surface area contributed by atoms with Gasteiger partial charge < -0.3 is 4.57 Å². The molecule has 0 radical (unpaired) electrons. The molecule has 0 aliphatic heterocycles. The van der Waals surface area contributed by atoms with Gasteiger partial charge in [0.1, 0.15) is 0 Å². The third kappa shape index (κ3) is 3.43. The third-order valence-corrected chi connectivity index (χ3v) is 6.74. The predicted octanol–water partition coefficient (Wildman–Crippen LogP) is 6.16. The monoisotopic (exact) mass is 461 g/mol. The molecular formula is C27H19N5OS. The first kappa shape index (κ1) is 20.3. The number of nitrogens with one attached hydrogen (secondary N) is 1. The van der Waals surface area contributed by atoms with E-state index in [0.29, 0.717) is 16.2 Å². The van der Waals surface area contributed by atoms with Gasteiger partial charge in [0, 0.05) is 36.6 Å². The number of anilines is 1. The number of hydrogen-bond donors (Lipinski definition) is 1. The molecule has 3 heterocycles. The summed E-state index contributed by atoms with van der Waals surface area (Å²) in [7, 11) is 1.95. The molecule has 6 rings (SSSR count). The van der Waals surface area contributed by atoms with Crippen LogP contribution in [0.3, 0.4) is 0 Å². The number of thiazole rings is 1. The molecule has 1 N–H and O–H groups in total. The van der Waals surface area contributed by atoms with Crippen LogP contribution in [0.15, 0.2) is 91.4 Å². The number of carbonyl (C=O) groups is 1. The van der Waals surface area contributed by atoms with Crippen LogP contribution in [-0.4, -0.2) is 25.4 Å². The molecule has 0 aliphatic carbocycles. The minimum atomic E-state index is -0.241. The van der Waals surface area contributed by atoms with Crippen LogP contribution < -0.4 is 5.32 Å². The number of aryl methyl sites for hydroxylation is 1. The van der Waals surface area contributed by atoms with Crippen molar-refractivity contribution in [3.05, 3.63) is 97.0 Å². The van der Waals surface area contributed by atoms with Gasteiger partial charge in [-0.25, -0.2) is 9.97 Å². The van der Waals surface area contributed by atoms with E-state index in [-0.39, 0.29) is 5.91 Å². The van der Waals surface area contributed by atoms with Crippen LogP contribution in [0, 0.1) is 0 Å². The lowest BCUT2D eigenvalue weighted by Gasteiger charge is -2.09. The van der Waals surface area contributed by atoms with Crippen molar-refractivity contribution >= 4 is 44.1 Å². The minimum Gasteiger partial charge on any atom is -0.333 e. The van der Waals surface area contributed by atoms with Crippen LogP contribution in [0.4, 0.5) is 5.13 Å². The second-order valence-electron chi connectivity index (χ2n) is 7.92. The Hall–Kier alpha value is -4.36. The lowest BCUT2D eigenvalue weighted by molar-refractivity contribution is 0.102. The number of benzene rings is 3. The summed E-state index contributed by atoms with van der Waals surface area (Å²) < 4.78 is 1.95. The van der Waals surface area contributed by atoms with Crippen LogP contribution in [0.1, 0.15) is 10.4 Å². The molecule has 0 unspecified atom stereocenters. The first-order valence-corrected chi connectivity index (χ1v) is 11.6. The Morgan fingerprint density at radius 1 is 0.912 bits per heavy atom. The first-order chi connectivity index (χ1) is 16.7. The summed E-state index contributed by atoms with van der Waals surface area (Å²) in [5, 5.41) is 6.54. The zero-order chi connectivity index (χ0) is 23.1. The van der Waals surface area contributed by atoms with E-state index < -0.39 is 0 Å². The van der Waals surface area contributed by atoms with Crippen LogP contribution in [0.25, 0.3) is 43.6 Å². The summed E-state index contributed by atoms with van der Waals surface area (Å²) in [6.45, 7) is 0. The summed E-state index contributed by atoms with van der Waals surface area (Å²) in [5.74, 6) is 0.559. The van der Waals surface area contributed by atoms with E-state index in [1.54, 1.807) is 12.4 Å². The molecule has 0 spiro atoms. The van der Waals surface area contributed by atoms with E-state index in [0.717, 1.165) is 38.1 Å². The fourth-order valence-corrected chi connectivity index (χ4v) is 5.19. The average molecular weight is 462 g/mol. The second-order valence-corrected chi connectivity index (χ2v) is 8.92. The molecule has 0 atom stereocenters. The molecule has 3 aromatic carbocycles. The zero-order valence-electron chi connectivity index (χ0n) is 18.3.